The molecule has 3 rings (SSSR count). The number of benzene rings is 1. The minimum absolute atomic E-state index is 0.0199. The molecule has 0 spiro atoms. The molecule has 2 atom stereocenters. The van der Waals surface area contributed by atoms with Gasteiger partial charge in [0.2, 0.25) is 5.91 Å². The Hall–Kier alpha value is -2.04. The Morgan fingerprint density at radius 1 is 1.35 bits per heavy atom. The lowest BCUT2D eigenvalue weighted by atomic mass is 10.0. The predicted octanol–water partition coefficient (Wildman–Crippen LogP) is 2.37. The van der Waals surface area contributed by atoms with Crippen LogP contribution in [-0.4, -0.2) is 42.5 Å². The van der Waals surface area contributed by atoms with E-state index in [0.717, 1.165) is 25.1 Å². The van der Waals surface area contributed by atoms with E-state index in [4.69, 9.17) is 4.74 Å². The number of rotatable bonds is 2. The number of hydrogen-bond acceptors (Lipinski definition) is 3. The molecule has 5 nitrogen and oxygen atoms in total. The average Bonchev–Trinajstić information content (AvgIpc) is 2.52. The number of fused-ring (bicyclic) bond motifs is 1. The highest BCUT2D eigenvalue weighted by molar-refractivity contribution is 6.03. The van der Waals surface area contributed by atoms with Crippen LogP contribution >= 0.6 is 0 Å². The van der Waals surface area contributed by atoms with Crippen molar-refractivity contribution in [2.75, 3.05) is 24.5 Å². The molecule has 2 aliphatic rings. The number of piperidine rings is 1. The van der Waals surface area contributed by atoms with Crippen LogP contribution in [-0.2, 0) is 9.59 Å². The molecular formula is C18H24N2O3. The minimum atomic E-state index is -0.557. The van der Waals surface area contributed by atoms with E-state index in [1.54, 1.807) is 11.8 Å². The maximum absolute atomic E-state index is 12.7. The highest BCUT2D eigenvalue weighted by atomic mass is 16.5. The molecule has 2 heterocycles. The summed E-state index contributed by atoms with van der Waals surface area (Å²) < 4.78 is 5.66. The van der Waals surface area contributed by atoms with Gasteiger partial charge in [0.25, 0.3) is 5.91 Å². The molecule has 1 aromatic rings. The third-order valence-electron chi connectivity index (χ3n) is 4.63. The number of amides is 2. The van der Waals surface area contributed by atoms with Crippen LogP contribution in [0.3, 0.4) is 0 Å². The molecule has 2 amide bonds. The summed E-state index contributed by atoms with van der Waals surface area (Å²) in [6.45, 7) is 7.53. The first-order valence-corrected chi connectivity index (χ1v) is 8.32. The summed E-state index contributed by atoms with van der Waals surface area (Å²) in [6, 6.07) is 5.73. The topological polar surface area (TPSA) is 49.9 Å². The normalized spacial score (nSPS) is 24.2. The average molecular weight is 316 g/mol. The molecule has 124 valence electrons. The Morgan fingerprint density at radius 3 is 2.87 bits per heavy atom. The van der Waals surface area contributed by atoms with Crippen LogP contribution in [0.4, 0.5) is 5.69 Å². The Kier molecular flexibility index (Phi) is 4.28. The Bertz CT molecular complexity index is 629. The molecule has 1 aromatic carbocycles. The quantitative estimate of drug-likeness (QED) is 0.841. The second-order valence-corrected chi connectivity index (χ2v) is 6.74. The third kappa shape index (κ3) is 3.19. The maximum atomic E-state index is 12.7. The molecule has 0 unspecified atom stereocenters. The van der Waals surface area contributed by atoms with E-state index in [1.165, 1.54) is 6.42 Å². The molecule has 5 heteroatoms. The van der Waals surface area contributed by atoms with Crippen LogP contribution in [0.1, 0.15) is 32.3 Å². The predicted molar refractivity (Wildman–Crippen MR) is 88.6 cm³/mol. The van der Waals surface area contributed by atoms with Gasteiger partial charge in [-0.15, -0.1) is 0 Å². The lowest BCUT2D eigenvalue weighted by Crippen LogP contribution is -2.51. The molecular weight excluding hydrogens is 292 g/mol. The molecule has 23 heavy (non-hydrogen) atoms. The van der Waals surface area contributed by atoms with E-state index >= 15 is 0 Å². The van der Waals surface area contributed by atoms with Crippen molar-refractivity contribution in [3.8, 4) is 5.75 Å². The van der Waals surface area contributed by atoms with Gasteiger partial charge in [-0.25, -0.2) is 0 Å². The molecule has 1 saturated heterocycles. The van der Waals surface area contributed by atoms with Gasteiger partial charge in [-0.3, -0.25) is 14.5 Å². The van der Waals surface area contributed by atoms with Crippen molar-refractivity contribution in [3.63, 3.8) is 0 Å². The first-order valence-electron chi connectivity index (χ1n) is 8.32. The summed E-state index contributed by atoms with van der Waals surface area (Å²) in [5.41, 5.74) is 1.74. The number of ether oxygens (including phenoxy) is 1. The van der Waals surface area contributed by atoms with Crippen molar-refractivity contribution in [1.29, 1.82) is 0 Å². The number of carbonyl (C=O) groups is 2. The van der Waals surface area contributed by atoms with Gasteiger partial charge in [0, 0.05) is 13.1 Å². The summed E-state index contributed by atoms with van der Waals surface area (Å²) in [5.74, 6) is 1.07. The zero-order valence-corrected chi connectivity index (χ0v) is 14.0. The van der Waals surface area contributed by atoms with Gasteiger partial charge >= 0.3 is 0 Å². The van der Waals surface area contributed by atoms with Crippen molar-refractivity contribution in [2.24, 2.45) is 5.92 Å². The lowest BCUT2D eigenvalue weighted by molar-refractivity contribution is -0.134. The van der Waals surface area contributed by atoms with Crippen LogP contribution in [0.15, 0.2) is 18.2 Å². The Balaban J connectivity index is 1.82. The highest BCUT2D eigenvalue weighted by Crippen LogP contribution is 2.34. The molecule has 0 saturated carbocycles. The zero-order chi connectivity index (χ0) is 16.6. The van der Waals surface area contributed by atoms with Crippen molar-refractivity contribution >= 4 is 17.5 Å². The molecule has 0 N–H and O–H groups in total. The zero-order valence-electron chi connectivity index (χ0n) is 14.0. The largest absolute Gasteiger partial charge is 0.479 e. The summed E-state index contributed by atoms with van der Waals surface area (Å²) >= 11 is 0. The maximum Gasteiger partial charge on any atom is 0.268 e. The van der Waals surface area contributed by atoms with Crippen LogP contribution in [0.25, 0.3) is 0 Å². The number of aryl methyl sites for hydroxylation is 1. The summed E-state index contributed by atoms with van der Waals surface area (Å²) in [6.07, 6.45) is 1.65. The number of hydrogen-bond donors (Lipinski definition) is 0. The molecule has 0 aromatic heterocycles. The fourth-order valence-electron chi connectivity index (χ4n) is 3.33. The first-order chi connectivity index (χ1) is 11.0. The Labute approximate surface area is 137 Å². The smallest absolute Gasteiger partial charge is 0.268 e. The van der Waals surface area contributed by atoms with Crippen LogP contribution in [0, 0.1) is 12.8 Å². The number of likely N-dealkylation sites (tertiary alicyclic amines) is 1. The lowest BCUT2D eigenvalue weighted by Gasteiger charge is -2.36. The van der Waals surface area contributed by atoms with Gasteiger partial charge in [-0.1, -0.05) is 13.0 Å². The van der Waals surface area contributed by atoms with Crippen LogP contribution in [0.2, 0.25) is 0 Å². The number of nitrogens with zero attached hydrogens (tertiary/aromatic N) is 2. The van der Waals surface area contributed by atoms with Crippen molar-refractivity contribution in [2.45, 2.75) is 39.7 Å². The van der Waals surface area contributed by atoms with Crippen molar-refractivity contribution < 1.29 is 14.3 Å². The number of anilines is 1. The second-order valence-electron chi connectivity index (χ2n) is 6.74. The highest BCUT2D eigenvalue weighted by Gasteiger charge is 2.34. The fraction of sp³-hybridized carbons (Fsp3) is 0.556. The van der Waals surface area contributed by atoms with Crippen LogP contribution in [0.5, 0.6) is 5.75 Å². The SMILES string of the molecule is Cc1ccc2c(c1)N(CC(=O)N1CCC[C@@H](C)C1)C(=O)[C@H](C)O2. The standard InChI is InChI=1S/C18H24N2O3/c1-12-6-7-16-15(9-12)20(18(22)14(3)23-16)11-17(21)19-8-4-5-13(2)10-19/h6-7,9,13-14H,4-5,8,10-11H2,1-3H3/t13-,14+/m1/s1. The van der Waals surface area contributed by atoms with E-state index in [1.807, 2.05) is 30.0 Å². The summed E-state index contributed by atoms with van der Waals surface area (Å²) in [5, 5.41) is 0. The van der Waals surface area contributed by atoms with Gasteiger partial charge in [0.1, 0.15) is 12.3 Å². The number of carbonyl (C=O) groups excluding carboxylic acids is 2. The first kappa shape index (κ1) is 15.8. The van der Waals surface area contributed by atoms with E-state index in [2.05, 4.69) is 6.92 Å². The van der Waals surface area contributed by atoms with E-state index < -0.39 is 6.10 Å². The van der Waals surface area contributed by atoms with Gasteiger partial charge < -0.3 is 9.64 Å². The fourth-order valence-corrected chi connectivity index (χ4v) is 3.33. The monoisotopic (exact) mass is 316 g/mol. The minimum Gasteiger partial charge on any atom is -0.479 e. The van der Waals surface area contributed by atoms with E-state index in [-0.39, 0.29) is 18.4 Å². The van der Waals surface area contributed by atoms with Gasteiger partial charge in [-0.2, -0.15) is 0 Å². The van der Waals surface area contributed by atoms with E-state index in [0.29, 0.717) is 17.4 Å². The van der Waals surface area contributed by atoms with Gasteiger partial charge in [-0.05, 0) is 50.3 Å². The van der Waals surface area contributed by atoms with Crippen LogP contribution < -0.4 is 9.64 Å². The molecule has 1 fully saturated rings. The van der Waals surface area contributed by atoms with Gasteiger partial charge in [0.05, 0.1) is 5.69 Å². The van der Waals surface area contributed by atoms with E-state index in [9.17, 15) is 9.59 Å². The molecule has 0 aliphatic carbocycles. The molecule has 2 aliphatic heterocycles. The molecule has 0 radical (unpaired) electrons. The summed E-state index contributed by atoms with van der Waals surface area (Å²) in [4.78, 5) is 28.6. The van der Waals surface area contributed by atoms with Crippen molar-refractivity contribution in [1.82, 2.24) is 4.90 Å². The third-order valence-corrected chi connectivity index (χ3v) is 4.63. The Morgan fingerprint density at radius 2 is 2.13 bits per heavy atom. The second kappa shape index (κ2) is 6.22. The summed E-state index contributed by atoms with van der Waals surface area (Å²) in [7, 11) is 0. The van der Waals surface area contributed by atoms with Crippen molar-refractivity contribution in [3.05, 3.63) is 23.8 Å². The molecule has 0 bridgehead atoms. The van der Waals surface area contributed by atoms with Gasteiger partial charge in [0.15, 0.2) is 6.10 Å².